The lowest BCUT2D eigenvalue weighted by Gasteiger charge is -2.14. The lowest BCUT2D eigenvalue weighted by atomic mass is 10.1. The molecule has 1 atom stereocenters. The van der Waals surface area contributed by atoms with Gasteiger partial charge in [-0.3, -0.25) is 0 Å². The van der Waals surface area contributed by atoms with Crippen LogP contribution in [0.25, 0.3) is 0 Å². The molecule has 0 spiro atoms. The van der Waals surface area contributed by atoms with Crippen molar-refractivity contribution in [2.75, 3.05) is 13.2 Å². The van der Waals surface area contributed by atoms with Crippen LogP contribution in [0.4, 0.5) is 4.39 Å². The Hall–Kier alpha value is -1.17. The quantitative estimate of drug-likeness (QED) is 0.849. The molecule has 0 aliphatic rings. The van der Waals surface area contributed by atoms with Crippen molar-refractivity contribution < 1.29 is 19.0 Å². The number of ether oxygens (including phenoxy) is 1. The Bertz CT molecular complexity index is 425. The first-order valence-corrected chi connectivity index (χ1v) is 5.30. The van der Waals surface area contributed by atoms with Crippen molar-refractivity contribution in [3.05, 3.63) is 34.1 Å². The second-order valence-corrected chi connectivity index (χ2v) is 4.05. The summed E-state index contributed by atoms with van der Waals surface area (Å²) in [6.45, 7) is 1.18. The maximum Gasteiger partial charge on any atom is 0.329 e. The van der Waals surface area contributed by atoms with Gasteiger partial charge in [0.15, 0.2) is 0 Å². The van der Waals surface area contributed by atoms with Crippen LogP contribution in [0.2, 0.25) is 5.02 Å². The summed E-state index contributed by atoms with van der Waals surface area (Å²) in [5.41, 5.74) is 6.74. The van der Waals surface area contributed by atoms with Crippen LogP contribution >= 0.6 is 11.6 Å². The summed E-state index contributed by atoms with van der Waals surface area (Å²) in [6.07, 6.45) is 0. The SMILES string of the molecule is Cc1cc(C(N)COCC(=O)O)c(Cl)cc1F. The molecular formula is C11H13ClFNO3. The molecule has 4 nitrogen and oxygen atoms in total. The zero-order valence-electron chi connectivity index (χ0n) is 9.24. The maximum absolute atomic E-state index is 13.1. The number of benzene rings is 1. The summed E-state index contributed by atoms with van der Waals surface area (Å²) < 4.78 is 18.0. The van der Waals surface area contributed by atoms with Gasteiger partial charge in [-0.2, -0.15) is 0 Å². The molecule has 1 unspecified atom stereocenters. The van der Waals surface area contributed by atoms with E-state index in [2.05, 4.69) is 0 Å². The summed E-state index contributed by atoms with van der Waals surface area (Å²) in [5, 5.41) is 8.60. The van der Waals surface area contributed by atoms with E-state index >= 15 is 0 Å². The van der Waals surface area contributed by atoms with E-state index < -0.39 is 24.4 Å². The average molecular weight is 262 g/mol. The highest BCUT2D eigenvalue weighted by Crippen LogP contribution is 2.25. The van der Waals surface area contributed by atoms with Crippen molar-refractivity contribution in [2.45, 2.75) is 13.0 Å². The lowest BCUT2D eigenvalue weighted by molar-refractivity contribution is -0.142. The third-order valence-corrected chi connectivity index (χ3v) is 2.53. The van der Waals surface area contributed by atoms with E-state index in [-0.39, 0.29) is 11.6 Å². The van der Waals surface area contributed by atoms with Crippen molar-refractivity contribution in [2.24, 2.45) is 5.73 Å². The Morgan fingerprint density at radius 1 is 1.65 bits per heavy atom. The Kier molecular flexibility index (Phi) is 4.86. The highest BCUT2D eigenvalue weighted by molar-refractivity contribution is 6.31. The molecule has 0 saturated heterocycles. The molecule has 0 aromatic heterocycles. The van der Waals surface area contributed by atoms with E-state index in [1.165, 1.54) is 12.1 Å². The third-order valence-electron chi connectivity index (χ3n) is 2.20. The van der Waals surface area contributed by atoms with Gasteiger partial charge in [0.2, 0.25) is 0 Å². The summed E-state index contributed by atoms with van der Waals surface area (Å²) in [6, 6.07) is 2.14. The molecule has 17 heavy (non-hydrogen) atoms. The number of nitrogens with two attached hydrogens (primary N) is 1. The molecular weight excluding hydrogens is 249 g/mol. The minimum atomic E-state index is -1.07. The molecule has 0 bridgehead atoms. The fraction of sp³-hybridized carbons (Fsp3) is 0.364. The maximum atomic E-state index is 13.1. The van der Waals surface area contributed by atoms with Crippen LogP contribution in [0.1, 0.15) is 17.2 Å². The standard InChI is InChI=1S/C11H13ClFNO3/c1-6-2-7(8(12)3-9(6)13)10(14)4-17-5-11(15)16/h2-3,10H,4-5,14H2,1H3,(H,15,16). The summed E-state index contributed by atoms with van der Waals surface area (Å²) in [5.74, 6) is -1.48. The lowest BCUT2D eigenvalue weighted by Crippen LogP contribution is -2.20. The largest absolute Gasteiger partial charge is 0.480 e. The second kappa shape index (κ2) is 5.95. The molecule has 0 radical (unpaired) electrons. The summed E-state index contributed by atoms with van der Waals surface area (Å²) >= 11 is 5.85. The van der Waals surface area contributed by atoms with E-state index in [0.717, 1.165) is 0 Å². The molecule has 1 aromatic rings. The number of halogens is 2. The van der Waals surface area contributed by atoms with E-state index in [4.69, 9.17) is 27.2 Å². The van der Waals surface area contributed by atoms with Crippen LogP contribution in [-0.2, 0) is 9.53 Å². The number of rotatable bonds is 5. The smallest absolute Gasteiger partial charge is 0.329 e. The van der Waals surface area contributed by atoms with Gasteiger partial charge >= 0.3 is 5.97 Å². The number of carboxylic acids is 1. The zero-order valence-corrected chi connectivity index (χ0v) is 10.00. The predicted octanol–water partition coefficient (Wildman–Crippen LogP) is 1.89. The third kappa shape index (κ3) is 3.96. The molecule has 0 aliphatic carbocycles. The van der Waals surface area contributed by atoms with Gasteiger partial charge in [0.05, 0.1) is 12.6 Å². The van der Waals surface area contributed by atoms with Crippen LogP contribution in [0.3, 0.4) is 0 Å². The molecule has 0 heterocycles. The number of aryl methyl sites for hydroxylation is 1. The van der Waals surface area contributed by atoms with Gasteiger partial charge < -0.3 is 15.6 Å². The first-order chi connectivity index (χ1) is 7.91. The van der Waals surface area contributed by atoms with Crippen LogP contribution < -0.4 is 5.73 Å². The molecule has 0 aliphatic heterocycles. The minimum absolute atomic E-state index is 0.0110. The molecule has 1 rings (SSSR count). The van der Waals surface area contributed by atoms with Crippen molar-refractivity contribution in [3.63, 3.8) is 0 Å². The molecule has 94 valence electrons. The van der Waals surface area contributed by atoms with Gasteiger partial charge in [0.25, 0.3) is 0 Å². The predicted molar refractivity (Wildman–Crippen MR) is 61.5 cm³/mol. The number of aliphatic carboxylic acids is 1. The van der Waals surface area contributed by atoms with E-state index in [9.17, 15) is 9.18 Å². The van der Waals surface area contributed by atoms with Gasteiger partial charge in [-0.1, -0.05) is 17.7 Å². The average Bonchev–Trinajstić information content (AvgIpc) is 2.22. The molecule has 0 amide bonds. The van der Waals surface area contributed by atoms with E-state index in [1.54, 1.807) is 6.92 Å². The molecule has 0 saturated carbocycles. The topological polar surface area (TPSA) is 72.5 Å². The minimum Gasteiger partial charge on any atom is -0.480 e. The number of carbonyl (C=O) groups is 1. The summed E-state index contributed by atoms with van der Waals surface area (Å²) in [4.78, 5) is 10.2. The van der Waals surface area contributed by atoms with Gasteiger partial charge in [-0.25, -0.2) is 9.18 Å². The Morgan fingerprint density at radius 2 is 2.29 bits per heavy atom. The molecule has 1 aromatic carbocycles. The van der Waals surface area contributed by atoms with E-state index in [0.29, 0.717) is 11.1 Å². The van der Waals surface area contributed by atoms with Gasteiger partial charge in [-0.15, -0.1) is 0 Å². The normalized spacial score (nSPS) is 12.5. The van der Waals surface area contributed by atoms with Gasteiger partial charge in [0, 0.05) is 5.02 Å². The molecule has 3 N–H and O–H groups in total. The van der Waals surface area contributed by atoms with Crippen LogP contribution in [0.15, 0.2) is 12.1 Å². The van der Waals surface area contributed by atoms with Crippen LogP contribution in [0.5, 0.6) is 0 Å². The first kappa shape index (κ1) is 13.9. The second-order valence-electron chi connectivity index (χ2n) is 3.64. The molecule has 6 heteroatoms. The van der Waals surface area contributed by atoms with E-state index in [1.807, 2.05) is 0 Å². The highest BCUT2D eigenvalue weighted by Gasteiger charge is 2.13. The Labute approximate surface area is 103 Å². The van der Waals surface area contributed by atoms with Gasteiger partial charge in [0.1, 0.15) is 12.4 Å². The summed E-state index contributed by atoms with van der Waals surface area (Å²) in [7, 11) is 0. The fourth-order valence-electron chi connectivity index (χ4n) is 1.33. The van der Waals surface area contributed by atoms with Crippen molar-refractivity contribution in [3.8, 4) is 0 Å². The van der Waals surface area contributed by atoms with Crippen LogP contribution in [-0.4, -0.2) is 24.3 Å². The fourth-order valence-corrected chi connectivity index (χ4v) is 1.62. The number of carboxylic acid groups (broad SMARTS) is 1. The Balaban J connectivity index is 2.71. The number of hydrogen-bond acceptors (Lipinski definition) is 3. The number of hydrogen-bond donors (Lipinski definition) is 2. The monoisotopic (exact) mass is 261 g/mol. The van der Waals surface area contributed by atoms with Crippen LogP contribution in [0, 0.1) is 12.7 Å². The highest BCUT2D eigenvalue weighted by atomic mass is 35.5. The van der Waals surface area contributed by atoms with Crippen molar-refractivity contribution >= 4 is 17.6 Å². The Morgan fingerprint density at radius 3 is 2.88 bits per heavy atom. The first-order valence-electron chi connectivity index (χ1n) is 4.92. The zero-order chi connectivity index (χ0) is 13.0. The molecule has 0 fully saturated rings. The van der Waals surface area contributed by atoms with Crippen molar-refractivity contribution in [1.82, 2.24) is 0 Å². The van der Waals surface area contributed by atoms with Crippen molar-refractivity contribution in [1.29, 1.82) is 0 Å². The van der Waals surface area contributed by atoms with Gasteiger partial charge in [-0.05, 0) is 24.1 Å².